The van der Waals surface area contributed by atoms with Crippen LogP contribution in [0.4, 0.5) is 5.82 Å². The Morgan fingerprint density at radius 3 is 2.45 bits per heavy atom. The summed E-state index contributed by atoms with van der Waals surface area (Å²) >= 11 is 6.12. The van der Waals surface area contributed by atoms with Gasteiger partial charge in [-0.25, -0.2) is 9.78 Å². The van der Waals surface area contributed by atoms with Crippen molar-refractivity contribution >= 4 is 34.3 Å². The third-order valence-electron chi connectivity index (χ3n) is 5.26. The largest absolute Gasteiger partial charge is 0.479 e. The van der Waals surface area contributed by atoms with E-state index in [1.807, 2.05) is 70.2 Å². The number of aromatic nitrogens is 1. The first-order valence-corrected chi connectivity index (χ1v) is 10.9. The van der Waals surface area contributed by atoms with Gasteiger partial charge in [0.15, 0.2) is 6.10 Å². The van der Waals surface area contributed by atoms with Gasteiger partial charge >= 0.3 is 5.97 Å². The van der Waals surface area contributed by atoms with Crippen molar-refractivity contribution in [2.75, 3.05) is 5.32 Å². The van der Waals surface area contributed by atoms with E-state index in [4.69, 9.17) is 21.3 Å². The number of carboxylic acids is 1. The van der Waals surface area contributed by atoms with E-state index in [1.165, 1.54) is 0 Å². The van der Waals surface area contributed by atoms with Gasteiger partial charge in [-0.3, -0.25) is 0 Å². The minimum absolute atomic E-state index is 0.498. The number of carbonyl (C=O) groups is 1. The van der Waals surface area contributed by atoms with Crippen LogP contribution in [0, 0.1) is 6.92 Å². The second-order valence-corrected chi connectivity index (χ2v) is 9.56. The Hall–Kier alpha value is -2.63. The quantitative estimate of drug-likeness (QED) is 0.467. The maximum Gasteiger partial charge on any atom is 0.337 e. The van der Waals surface area contributed by atoms with Crippen molar-refractivity contribution in [3.05, 3.63) is 58.6 Å². The molecule has 1 aliphatic rings. The summed E-state index contributed by atoms with van der Waals surface area (Å²) in [7, 11) is 0. The predicted molar refractivity (Wildman–Crippen MR) is 125 cm³/mol. The fourth-order valence-corrected chi connectivity index (χ4v) is 3.92. The van der Waals surface area contributed by atoms with Crippen molar-refractivity contribution in [3.8, 4) is 11.1 Å². The Balaban J connectivity index is 1.96. The van der Waals surface area contributed by atoms with Gasteiger partial charge in [-0.05, 0) is 87.6 Å². The molecule has 162 valence electrons. The van der Waals surface area contributed by atoms with Gasteiger partial charge in [0.25, 0.3) is 0 Å². The number of anilines is 1. The average Bonchev–Trinajstić information content (AvgIpc) is 3.49. The molecular formula is C25H27ClN2O3. The Morgan fingerprint density at radius 1 is 1.19 bits per heavy atom. The minimum Gasteiger partial charge on any atom is -0.479 e. The van der Waals surface area contributed by atoms with E-state index < -0.39 is 17.7 Å². The molecular weight excluding hydrogens is 412 g/mol. The number of hydrogen-bond acceptors (Lipinski definition) is 4. The van der Waals surface area contributed by atoms with Gasteiger partial charge in [-0.1, -0.05) is 23.7 Å². The van der Waals surface area contributed by atoms with Crippen LogP contribution in [0.5, 0.6) is 0 Å². The van der Waals surface area contributed by atoms with Crippen molar-refractivity contribution < 1.29 is 14.6 Å². The zero-order valence-electron chi connectivity index (χ0n) is 18.2. The van der Waals surface area contributed by atoms with E-state index in [0.29, 0.717) is 16.6 Å². The molecule has 1 fully saturated rings. The van der Waals surface area contributed by atoms with Gasteiger partial charge in [0.1, 0.15) is 5.82 Å². The number of aryl methyl sites for hydroxylation is 1. The van der Waals surface area contributed by atoms with Crippen LogP contribution in [-0.2, 0) is 9.53 Å². The summed E-state index contributed by atoms with van der Waals surface area (Å²) < 4.78 is 6.03. The molecule has 1 saturated carbocycles. The van der Waals surface area contributed by atoms with Gasteiger partial charge < -0.3 is 15.2 Å². The maximum absolute atomic E-state index is 12.3. The van der Waals surface area contributed by atoms with Crippen molar-refractivity contribution in [2.24, 2.45) is 0 Å². The number of aliphatic carboxylic acids is 1. The highest BCUT2D eigenvalue weighted by Gasteiger charge is 2.32. The van der Waals surface area contributed by atoms with E-state index in [0.717, 1.165) is 46.3 Å². The van der Waals surface area contributed by atoms with Crippen molar-refractivity contribution in [1.82, 2.24) is 4.98 Å². The molecule has 0 unspecified atom stereocenters. The summed E-state index contributed by atoms with van der Waals surface area (Å²) in [5.41, 5.74) is 3.34. The third kappa shape index (κ3) is 4.83. The first-order chi connectivity index (χ1) is 14.6. The standard InChI is InChI=1S/C25H27ClN2O3/c1-14-13-19-18(11-12-20(28-19)27-17-9-10-17)22(15-5-7-16(26)8-6-15)21(14)23(24(29)30)31-25(2,3)4/h5-8,11-13,17,23H,9-10H2,1-4H3,(H,27,28)(H,29,30)/t23-/m0/s1. The van der Waals surface area contributed by atoms with Crippen molar-refractivity contribution in [2.45, 2.75) is 58.3 Å². The smallest absolute Gasteiger partial charge is 0.337 e. The molecule has 4 rings (SSSR count). The molecule has 2 N–H and O–H groups in total. The average molecular weight is 439 g/mol. The van der Waals surface area contributed by atoms with Gasteiger partial charge in [0.2, 0.25) is 0 Å². The lowest BCUT2D eigenvalue weighted by molar-refractivity contribution is -0.160. The SMILES string of the molecule is Cc1cc2nc(NC3CC3)ccc2c(-c2ccc(Cl)cc2)c1[C@H](OC(C)(C)C)C(=O)O. The number of halogens is 1. The molecule has 1 atom stereocenters. The summed E-state index contributed by atoms with van der Waals surface area (Å²) in [6, 6.07) is 13.9. The highest BCUT2D eigenvalue weighted by atomic mass is 35.5. The molecule has 2 aromatic carbocycles. The molecule has 0 radical (unpaired) electrons. The van der Waals surface area contributed by atoms with E-state index in [2.05, 4.69) is 5.32 Å². The number of fused-ring (bicyclic) bond motifs is 1. The van der Waals surface area contributed by atoms with Crippen LogP contribution in [0.2, 0.25) is 5.02 Å². The van der Waals surface area contributed by atoms with Crippen LogP contribution >= 0.6 is 11.6 Å². The van der Waals surface area contributed by atoms with Crippen LogP contribution in [0.15, 0.2) is 42.5 Å². The molecule has 1 heterocycles. The van der Waals surface area contributed by atoms with E-state index in [-0.39, 0.29) is 0 Å². The summed E-state index contributed by atoms with van der Waals surface area (Å²) in [5.74, 6) is -0.183. The Kier molecular flexibility index (Phi) is 5.67. The fourth-order valence-electron chi connectivity index (χ4n) is 3.79. The van der Waals surface area contributed by atoms with Crippen LogP contribution in [0.3, 0.4) is 0 Å². The molecule has 3 aromatic rings. The zero-order valence-corrected chi connectivity index (χ0v) is 19.0. The molecule has 5 nitrogen and oxygen atoms in total. The second kappa shape index (κ2) is 8.13. The molecule has 6 heteroatoms. The van der Waals surface area contributed by atoms with Crippen molar-refractivity contribution in [3.63, 3.8) is 0 Å². The number of nitrogens with zero attached hydrogens (tertiary/aromatic N) is 1. The van der Waals surface area contributed by atoms with Crippen LogP contribution in [0.25, 0.3) is 22.0 Å². The molecule has 1 aromatic heterocycles. The molecule has 0 saturated heterocycles. The zero-order chi connectivity index (χ0) is 22.3. The molecule has 0 bridgehead atoms. The molecule has 31 heavy (non-hydrogen) atoms. The van der Waals surface area contributed by atoms with Gasteiger partial charge in [0.05, 0.1) is 11.1 Å². The van der Waals surface area contributed by atoms with Crippen LogP contribution in [0.1, 0.15) is 50.8 Å². The molecule has 0 aliphatic heterocycles. The summed E-state index contributed by atoms with van der Waals surface area (Å²) in [6.45, 7) is 7.49. The molecule has 0 amide bonds. The number of ether oxygens (including phenoxy) is 1. The number of carboxylic acid groups (broad SMARTS) is 1. The Morgan fingerprint density at radius 2 is 1.87 bits per heavy atom. The number of nitrogens with one attached hydrogen (secondary N) is 1. The van der Waals surface area contributed by atoms with Gasteiger partial charge in [0, 0.05) is 22.0 Å². The lowest BCUT2D eigenvalue weighted by Gasteiger charge is -2.28. The predicted octanol–water partition coefficient (Wildman–Crippen LogP) is 6.38. The lowest BCUT2D eigenvalue weighted by Crippen LogP contribution is -2.28. The second-order valence-electron chi connectivity index (χ2n) is 9.12. The maximum atomic E-state index is 12.3. The summed E-state index contributed by atoms with van der Waals surface area (Å²) in [4.78, 5) is 17.1. The monoisotopic (exact) mass is 438 g/mol. The fraction of sp³-hybridized carbons (Fsp3) is 0.360. The van der Waals surface area contributed by atoms with E-state index in [1.54, 1.807) is 0 Å². The first-order valence-electron chi connectivity index (χ1n) is 10.5. The highest BCUT2D eigenvalue weighted by molar-refractivity contribution is 6.30. The van der Waals surface area contributed by atoms with Crippen molar-refractivity contribution in [1.29, 1.82) is 0 Å². The molecule has 0 spiro atoms. The van der Waals surface area contributed by atoms with Gasteiger partial charge in [-0.2, -0.15) is 0 Å². The summed E-state index contributed by atoms with van der Waals surface area (Å²) in [5, 5.41) is 15.0. The van der Waals surface area contributed by atoms with Crippen LogP contribution in [-0.4, -0.2) is 27.7 Å². The first kappa shape index (κ1) is 21.6. The topological polar surface area (TPSA) is 71.5 Å². The highest BCUT2D eigenvalue weighted by Crippen LogP contribution is 2.41. The normalized spacial score (nSPS) is 15.1. The van der Waals surface area contributed by atoms with E-state index in [9.17, 15) is 9.90 Å². The number of pyridine rings is 1. The van der Waals surface area contributed by atoms with Crippen LogP contribution < -0.4 is 5.32 Å². The summed E-state index contributed by atoms with van der Waals surface area (Å²) in [6.07, 6.45) is 1.22. The van der Waals surface area contributed by atoms with E-state index >= 15 is 0 Å². The number of hydrogen-bond donors (Lipinski definition) is 2. The number of rotatable bonds is 6. The molecule has 1 aliphatic carbocycles. The Bertz CT molecular complexity index is 1130. The minimum atomic E-state index is -1.11. The Labute approximate surface area is 187 Å². The lowest BCUT2D eigenvalue weighted by atomic mass is 9.88. The number of benzene rings is 2. The third-order valence-corrected chi connectivity index (χ3v) is 5.51. The van der Waals surface area contributed by atoms with Gasteiger partial charge in [-0.15, -0.1) is 0 Å².